The van der Waals surface area contributed by atoms with E-state index >= 15 is 0 Å². The minimum absolute atomic E-state index is 0.212. The van der Waals surface area contributed by atoms with E-state index in [1.54, 1.807) is 24.3 Å². The van der Waals surface area contributed by atoms with Gasteiger partial charge in [-0.05, 0) is 60.4 Å². The molecule has 0 aliphatic rings. The van der Waals surface area contributed by atoms with Crippen molar-refractivity contribution in [3.8, 4) is 11.5 Å². The van der Waals surface area contributed by atoms with Gasteiger partial charge >= 0.3 is 0 Å². The molecule has 0 aliphatic heterocycles. The maximum Gasteiger partial charge on any atom is 0.116 e. The third-order valence-electron chi connectivity index (χ3n) is 3.02. The molecule has 0 radical (unpaired) electrons. The van der Waals surface area contributed by atoms with Crippen molar-refractivity contribution in [2.24, 2.45) is 0 Å². The molecule has 0 saturated carbocycles. The van der Waals surface area contributed by atoms with Gasteiger partial charge in [0.25, 0.3) is 0 Å². The Balaban J connectivity index is 2.46. The number of hydrogen-bond donors (Lipinski definition) is 2. The van der Waals surface area contributed by atoms with Gasteiger partial charge < -0.3 is 10.2 Å². The topological polar surface area (TPSA) is 40.5 Å². The minimum Gasteiger partial charge on any atom is -0.508 e. The van der Waals surface area contributed by atoms with Crippen molar-refractivity contribution in [1.82, 2.24) is 0 Å². The van der Waals surface area contributed by atoms with E-state index in [2.05, 4.69) is 22.6 Å². The fourth-order valence-electron chi connectivity index (χ4n) is 2.16. The van der Waals surface area contributed by atoms with Crippen LogP contribution in [0.4, 0.5) is 0 Å². The molecule has 1 atom stereocenters. The molecule has 1 unspecified atom stereocenters. The average molecular weight is 354 g/mol. The highest BCUT2D eigenvalue weighted by molar-refractivity contribution is 14.1. The molecule has 94 valence electrons. The first-order valence-corrected chi connectivity index (χ1v) is 6.96. The first-order valence-electron chi connectivity index (χ1n) is 5.72. The second-order valence-corrected chi connectivity index (χ2v) is 5.69. The lowest BCUT2D eigenvalue weighted by Gasteiger charge is -2.17. The van der Waals surface area contributed by atoms with E-state index in [0.717, 1.165) is 16.7 Å². The van der Waals surface area contributed by atoms with Gasteiger partial charge in [0.2, 0.25) is 0 Å². The number of aromatic hydroxyl groups is 2. The van der Waals surface area contributed by atoms with Crippen LogP contribution in [0.5, 0.6) is 11.5 Å². The molecule has 2 nitrogen and oxygen atoms in total. The van der Waals surface area contributed by atoms with Crippen LogP contribution in [0, 0.1) is 13.8 Å². The zero-order chi connectivity index (χ0) is 13.3. The molecule has 2 rings (SSSR count). The Bertz CT molecular complexity index is 538. The van der Waals surface area contributed by atoms with E-state index in [0.29, 0.717) is 5.75 Å². The standard InChI is InChI=1S/C15H15IO2/c1-9-7-13(18)8-10(2)14(9)15(16)11-3-5-12(17)6-4-11/h3-8,15,17-18H,1-2H3. The normalized spacial score (nSPS) is 12.4. The van der Waals surface area contributed by atoms with Crippen LogP contribution in [0.1, 0.15) is 26.2 Å². The summed E-state index contributed by atoms with van der Waals surface area (Å²) in [6.07, 6.45) is 0. The number of phenolic OH excluding ortho intramolecular Hbond substituents is 2. The van der Waals surface area contributed by atoms with Crippen LogP contribution in [0.2, 0.25) is 0 Å². The number of phenols is 2. The van der Waals surface area contributed by atoms with Crippen molar-refractivity contribution >= 4 is 22.6 Å². The molecule has 2 aromatic carbocycles. The molecule has 2 N–H and O–H groups in total. The molecule has 0 bridgehead atoms. The Labute approximate surface area is 120 Å². The van der Waals surface area contributed by atoms with E-state index in [1.807, 2.05) is 26.0 Å². The first kappa shape index (κ1) is 13.2. The second kappa shape index (κ2) is 5.18. The Morgan fingerprint density at radius 3 is 1.89 bits per heavy atom. The zero-order valence-corrected chi connectivity index (χ0v) is 12.5. The minimum atomic E-state index is 0.212. The van der Waals surface area contributed by atoms with Crippen molar-refractivity contribution in [2.45, 2.75) is 17.8 Å². The van der Waals surface area contributed by atoms with Crippen LogP contribution in [0.3, 0.4) is 0 Å². The summed E-state index contributed by atoms with van der Waals surface area (Å²) in [6.45, 7) is 4.02. The van der Waals surface area contributed by atoms with E-state index in [1.165, 1.54) is 5.56 Å². The molecule has 3 heteroatoms. The van der Waals surface area contributed by atoms with Gasteiger partial charge in [-0.15, -0.1) is 0 Å². The number of hydrogen-bond acceptors (Lipinski definition) is 2. The summed E-state index contributed by atoms with van der Waals surface area (Å²) in [5.41, 5.74) is 4.53. The van der Waals surface area contributed by atoms with Gasteiger partial charge in [0.05, 0.1) is 3.92 Å². The second-order valence-electron chi connectivity index (χ2n) is 4.45. The Morgan fingerprint density at radius 1 is 0.889 bits per heavy atom. The average Bonchev–Trinajstić information content (AvgIpc) is 2.28. The van der Waals surface area contributed by atoms with Crippen LogP contribution < -0.4 is 0 Å². The highest BCUT2D eigenvalue weighted by Gasteiger charge is 2.15. The van der Waals surface area contributed by atoms with Gasteiger partial charge in [0.1, 0.15) is 11.5 Å². The monoisotopic (exact) mass is 354 g/mol. The molecule has 2 aromatic rings. The molecule has 18 heavy (non-hydrogen) atoms. The molecule has 0 amide bonds. The smallest absolute Gasteiger partial charge is 0.116 e. The largest absolute Gasteiger partial charge is 0.508 e. The lowest BCUT2D eigenvalue weighted by molar-refractivity contribution is 0.474. The van der Waals surface area contributed by atoms with Gasteiger partial charge in [-0.3, -0.25) is 0 Å². The van der Waals surface area contributed by atoms with Crippen LogP contribution in [-0.2, 0) is 0 Å². The van der Waals surface area contributed by atoms with E-state index in [-0.39, 0.29) is 9.67 Å². The molecular weight excluding hydrogens is 339 g/mol. The van der Waals surface area contributed by atoms with Crippen LogP contribution in [0.25, 0.3) is 0 Å². The van der Waals surface area contributed by atoms with Crippen LogP contribution in [0.15, 0.2) is 36.4 Å². The van der Waals surface area contributed by atoms with Crippen molar-refractivity contribution < 1.29 is 10.2 Å². The summed E-state index contributed by atoms with van der Waals surface area (Å²) >= 11 is 2.38. The predicted octanol–water partition coefficient (Wildman–Crippen LogP) is 4.24. The van der Waals surface area contributed by atoms with Gasteiger partial charge in [-0.2, -0.15) is 0 Å². The van der Waals surface area contributed by atoms with E-state index in [4.69, 9.17) is 0 Å². The summed E-state index contributed by atoms with van der Waals surface area (Å²) < 4.78 is 0.212. The third-order valence-corrected chi connectivity index (χ3v) is 4.36. The highest BCUT2D eigenvalue weighted by atomic mass is 127. The molecule has 0 saturated heterocycles. The van der Waals surface area contributed by atoms with E-state index < -0.39 is 0 Å². The van der Waals surface area contributed by atoms with Crippen LogP contribution >= 0.6 is 22.6 Å². The van der Waals surface area contributed by atoms with E-state index in [9.17, 15) is 10.2 Å². The molecule has 0 aromatic heterocycles. The van der Waals surface area contributed by atoms with Gasteiger partial charge in [0, 0.05) is 0 Å². The van der Waals surface area contributed by atoms with Gasteiger partial charge in [0.15, 0.2) is 0 Å². The third kappa shape index (κ3) is 2.61. The number of aryl methyl sites for hydroxylation is 2. The summed E-state index contributed by atoms with van der Waals surface area (Å²) in [5.74, 6) is 0.588. The van der Waals surface area contributed by atoms with Crippen molar-refractivity contribution in [3.05, 3.63) is 58.7 Å². The highest BCUT2D eigenvalue weighted by Crippen LogP contribution is 2.37. The Hall–Kier alpha value is -1.23. The lowest BCUT2D eigenvalue weighted by Crippen LogP contribution is -1.98. The fraction of sp³-hybridized carbons (Fsp3) is 0.200. The summed E-state index contributed by atoms with van der Waals surface area (Å²) in [4.78, 5) is 0. The maximum absolute atomic E-state index is 9.57. The maximum atomic E-state index is 9.57. The summed E-state index contributed by atoms with van der Waals surface area (Å²) in [5, 5.41) is 18.9. The Kier molecular flexibility index (Phi) is 3.80. The first-order chi connectivity index (χ1) is 8.49. The summed E-state index contributed by atoms with van der Waals surface area (Å²) in [6, 6.07) is 10.8. The SMILES string of the molecule is Cc1cc(O)cc(C)c1C(I)c1ccc(O)cc1. The number of alkyl halides is 1. The predicted molar refractivity (Wildman–Crippen MR) is 81.6 cm³/mol. The number of rotatable bonds is 2. The van der Waals surface area contributed by atoms with Gasteiger partial charge in [-0.25, -0.2) is 0 Å². The van der Waals surface area contributed by atoms with Crippen LogP contribution in [-0.4, -0.2) is 10.2 Å². The number of halogens is 1. The molecular formula is C15H15IO2. The zero-order valence-electron chi connectivity index (χ0n) is 10.3. The molecule has 0 spiro atoms. The van der Waals surface area contributed by atoms with Gasteiger partial charge in [-0.1, -0.05) is 34.7 Å². The fourth-order valence-corrected chi connectivity index (χ4v) is 3.56. The molecule has 0 heterocycles. The molecule has 0 fully saturated rings. The Morgan fingerprint density at radius 2 is 1.39 bits per heavy atom. The number of benzene rings is 2. The quantitative estimate of drug-likeness (QED) is 0.626. The van der Waals surface area contributed by atoms with Crippen molar-refractivity contribution in [1.29, 1.82) is 0 Å². The lowest BCUT2D eigenvalue weighted by atomic mass is 9.96. The molecule has 0 aliphatic carbocycles. The van der Waals surface area contributed by atoms with Crippen molar-refractivity contribution in [3.63, 3.8) is 0 Å². The van der Waals surface area contributed by atoms with Crippen molar-refractivity contribution in [2.75, 3.05) is 0 Å². The summed E-state index contributed by atoms with van der Waals surface area (Å²) in [7, 11) is 0.